The summed E-state index contributed by atoms with van der Waals surface area (Å²) in [4.78, 5) is 2.58. The van der Waals surface area contributed by atoms with Gasteiger partial charge in [0.1, 0.15) is 0 Å². The normalized spacial score (nSPS) is 19.7. The van der Waals surface area contributed by atoms with Crippen LogP contribution in [0.4, 0.5) is 5.69 Å². The van der Waals surface area contributed by atoms with Crippen LogP contribution in [0.15, 0.2) is 18.2 Å². The minimum Gasteiger partial charge on any atom is -0.381 e. The lowest BCUT2D eigenvalue weighted by Crippen LogP contribution is -2.31. The van der Waals surface area contributed by atoms with Crippen LogP contribution in [-0.2, 0) is 17.7 Å². The third kappa shape index (κ3) is 2.93. The van der Waals surface area contributed by atoms with Crippen molar-refractivity contribution in [2.75, 3.05) is 38.3 Å². The zero-order chi connectivity index (χ0) is 13.1. The van der Waals surface area contributed by atoms with Crippen molar-refractivity contribution in [3.8, 4) is 0 Å². The van der Waals surface area contributed by atoms with E-state index >= 15 is 0 Å². The number of nitrogens with one attached hydrogen (secondary N) is 1. The summed E-state index contributed by atoms with van der Waals surface area (Å²) in [5.74, 6) is 0.816. The van der Waals surface area contributed by atoms with Gasteiger partial charge in [0.2, 0.25) is 0 Å². The van der Waals surface area contributed by atoms with Crippen LogP contribution in [0.2, 0.25) is 0 Å². The molecule has 0 amide bonds. The SMILES string of the molecule is CNCc1ccc2c(c1)CCN2CC1CCOCC1. The lowest BCUT2D eigenvalue weighted by molar-refractivity contribution is 0.0683. The number of rotatable bonds is 4. The Morgan fingerprint density at radius 2 is 2.16 bits per heavy atom. The van der Waals surface area contributed by atoms with Gasteiger partial charge in [-0.3, -0.25) is 0 Å². The van der Waals surface area contributed by atoms with Gasteiger partial charge >= 0.3 is 0 Å². The van der Waals surface area contributed by atoms with E-state index in [0.717, 1.165) is 25.7 Å². The molecule has 1 aromatic rings. The van der Waals surface area contributed by atoms with Crippen LogP contribution in [0.1, 0.15) is 24.0 Å². The van der Waals surface area contributed by atoms with Crippen LogP contribution in [0.25, 0.3) is 0 Å². The van der Waals surface area contributed by atoms with Gasteiger partial charge in [0.05, 0.1) is 0 Å². The van der Waals surface area contributed by atoms with Gasteiger partial charge in [-0.15, -0.1) is 0 Å². The second-order valence-electron chi connectivity index (χ2n) is 5.75. The summed E-state index contributed by atoms with van der Waals surface area (Å²) >= 11 is 0. The van der Waals surface area contributed by atoms with Crippen molar-refractivity contribution >= 4 is 5.69 Å². The Labute approximate surface area is 115 Å². The summed E-state index contributed by atoms with van der Waals surface area (Å²) in [6, 6.07) is 6.95. The Hall–Kier alpha value is -1.06. The van der Waals surface area contributed by atoms with Crippen molar-refractivity contribution in [3.63, 3.8) is 0 Å². The maximum atomic E-state index is 5.45. The molecule has 0 radical (unpaired) electrons. The van der Waals surface area contributed by atoms with E-state index in [4.69, 9.17) is 4.74 Å². The molecule has 104 valence electrons. The summed E-state index contributed by atoms with van der Waals surface area (Å²) < 4.78 is 5.45. The molecule has 3 rings (SSSR count). The number of nitrogens with zero attached hydrogens (tertiary/aromatic N) is 1. The molecule has 1 aromatic carbocycles. The molecule has 1 N–H and O–H groups in total. The number of hydrogen-bond donors (Lipinski definition) is 1. The van der Waals surface area contributed by atoms with Crippen molar-refractivity contribution in [1.82, 2.24) is 5.32 Å². The molecule has 1 saturated heterocycles. The first-order chi connectivity index (χ1) is 9.36. The van der Waals surface area contributed by atoms with Crippen LogP contribution in [-0.4, -0.2) is 33.4 Å². The van der Waals surface area contributed by atoms with Crippen molar-refractivity contribution in [1.29, 1.82) is 0 Å². The van der Waals surface area contributed by atoms with Gasteiger partial charge in [-0.1, -0.05) is 12.1 Å². The molecule has 0 bridgehead atoms. The van der Waals surface area contributed by atoms with E-state index in [1.54, 1.807) is 0 Å². The van der Waals surface area contributed by atoms with Crippen LogP contribution >= 0.6 is 0 Å². The predicted octanol–water partition coefficient (Wildman–Crippen LogP) is 2.20. The second kappa shape index (κ2) is 5.93. The van der Waals surface area contributed by atoms with Crippen LogP contribution < -0.4 is 10.2 Å². The quantitative estimate of drug-likeness (QED) is 0.898. The highest BCUT2D eigenvalue weighted by atomic mass is 16.5. The van der Waals surface area contributed by atoms with Crippen LogP contribution in [0, 0.1) is 5.92 Å². The van der Waals surface area contributed by atoms with Gasteiger partial charge in [0, 0.05) is 38.5 Å². The highest BCUT2D eigenvalue weighted by molar-refractivity contribution is 5.59. The summed E-state index contributed by atoms with van der Waals surface area (Å²) in [5, 5.41) is 3.22. The molecule has 0 unspecified atom stereocenters. The standard InChI is InChI=1S/C16H24N2O/c1-17-11-14-2-3-16-15(10-14)4-7-18(16)12-13-5-8-19-9-6-13/h2-3,10,13,17H,4-9,11-12H2,1H3. The van der Waals surface area contributed by atoms with Crippen LogP contribution in [0.3, 0.4) is 0 Å². The molecular weight excluding hydrogens is 236 g/mol. The minimum absolute atomic E-state index is 0.816. The summed E-state index contributed by atoms with van der Waals surface area (Å²) in [6.07, 6.45) is 3.66. The van der Waals surface area contributed by atoms with Crippen molar-refractivity contribution in [2.45, 2.75) is 25.8 Å². The highest BCUT2D eigenvalue weighted by Gasteiger charge is 2.23. The molecule has 0 saturated carbocycles. The Bertz CT molecular complexity index is 427. The lowest BCUT2D eigenvalue weighted by Gasteiger charge is -2.28. The molecule has 2 aliphatic rings. The first-order valence-electron chi connectivity index (χ1n) is 7.46. The van der Waals surface area contributed by atoms with Gasteiger partial charge < -0.3 is 15.0 Å². The molecule has 1 fully saturated rings. The zero-order valence-corrected chi connectivity index (χ0v) is 11.8. The number of benzene rings is 1. The number of ether oxygens (including phenoxy) is 1. The molecule has 0 aliphatic carbocycles. The molecule has 3 nitrogen and oxygen atoms in total. The molecule has 2 heterocycles. The highest BCUT2D eigenvalue weighted by Crippen LogP contribution is 2.30. The Morgan fingerprint density at radius 3 is 2.95 bits per heavy atom. The first-order valence-corrected chi connectivity index (χ1v) is 7.46. The van der Waals surface area contributed by atoms with E-state index < -0.39 is 0 Å². The predicted molar refractivity (Wildman–Crippen MR) is 78.7 cm³/mol. The molecule has 2 aliphatic heterocycles. The lowest BCUT2D eigenvalue weighted by atomic mass is 9.99. The fourth-order valence-electron chi connectivity index (χ4n) is 3.27. The Balaban J connectivity index is 1.67. The van der Waals surface area contributed by atoms with Gasteiger partial charge in [0.25, 0.3) is 0 Å². The summed E-state index contributed by atoms with van der Waals surface area (Å²) in [5.41, 5.74) is 4.39. The second-order valence-corrected chi connectivity index (χ2v) is 5.75. The van der Waals surface area contributed by atoms with Gasteiger partial charge in [-0.05, 0) is 49.4 Å². The largest absolute Gasteiger partial charge is 0.381 e. The van der Waals surface area contributed by atoms with Gasteiger partial charge in [0.15, 0.2) is 0 Å². The fraction of sp³-hybridized carbons (Fsp3) is 0.625. The molecule has 0 aromatic heterocycles. The molecule has 3 heteroatoms. The van der Waals surface area contributed by atoms with E-state index in [-0.39, 0.29) is 0 Å². The topological polar surface area (TPSA) is 24.5 Å². The molecule has 0 atom stereocenters. The number of anilines is 1. The Kier molecular flexibility index (Phi) is 4.04. The molecular formula is C16H24N2O. The van der Waals surface area contributed by atoms with Gasteiger partial charge in [-0.2, -0.15) is 0 Å². The maximum absolute atomic E-state index is 5.45. The molecule has 0 spiro atoms. The van der Waals surface area contributed by atoms with Crippen molar-refractivity contribution < 1.29 is 4.74 Å². The maximum Gasteiger partial charge on any atom is 0.0469 e. The number of fused-ring (bicyclic) bond motifs is 1. The van der Waals surface area contributed by atoms with E-state index in [0.29, 0.717) is 0 Å². The van der Waals surface area contributed by atoms with Crippen molar-refractivity contribution in [3.05, 3.63) is 29.3 Å². The minimum atomic E-state index is 0.816. The monoisotopic (exact) mass is 260 g/mol. The zero-order valence-electron chi connectivity index (χ0n) is 11.8. The van der Waals surface area contributed by atoms with E-state index in [1.165, 1.54) is 49.2 Å². The summed E-state index contributed by atoms with van der Waals surface area (Å²) in [6.45, 7) is 5.27. The molecule has 19 heavy (non-hydrogen) atoms. The Morgan fingerprint density at radius 1 is 1.32 bits per heavy atom. The number of hydrogen-bond acceptors (Lipinski definition) is 3. The van der Waals surface area contributed by atoms with Crippen molar-refractivity contribution in [2.24, 2.45) is 5.92 Å². The third-order valence-electron chi connectivity index (χ3n) is 4.34. The average Bonchev–Trinajstić information content (AvgIpc) is 2.83. The fourth-order valence-corrected chi connectivity index (χ4v) is 3.27. The summed E-state index contributed by atoms with van der Waals surface area (Å²) in [7, 11) is 2.00. The van der Waals surface area contributed by atoms with Gasteiger partial charge in [-0.25, -0.2) is 0 Å². The average molecular weight is 260 g/mol. The third-order valence-corrected chi connectivity index (χ3v) is 4.34. The van der Waals surface area contributed by atoms with E-state index in [1.807, 2.05) is 7.05 Å². The smallest absolute Gasteiger partial charge is 0.0469 e. The van der Waals surface area contributed by atoms with E-state index in [2.05, 4.69) is 28.4 Å². The van der Waals surface area contributed by atoms with Crippen LogP contribution in [0.5, 0.6) is 0 Å². The van der Waals surface area contributed by atoms with E-state index in [9.17, 15) is 0 Å². The first kappa shape index (κ1) is 12.9.